The molecule has 0 aromatic rings. The molecule has 13 heavy (non-hydrogen) atoms. The fraction of sp³-hybridized carbons (Fsp3) is 0.700. The van der Waals surface area contributed by atoms with Crippen molar-refractivity contribution in [2.24, 2.45) is 5.41 Å². The third-order valence-electron chi connectivity index (χ3n) is 2.22. The Morgan fingerprint density at radius 3 is 2.46 bits per heavy atom. The molecule has 2 nitrogen and oxygen atoms in total. The van der Waals surface area contributed by atoms with Crippen molar-refractivity contribution in [3.8, 4) is 0 Å². The van der Waals surface area contributed by atoms with Crippen molar-refractivity contribution >= 4 is 5.78 Å². The molecule has 1 N–H and O–H groups in total. The first-order valence-electron chi connectivity index (χ1n) is 4.44. The zero-order chi connectivity index (χ0) is 10.5. The number of hydrogen-bond donors (Lipinski definition) is 1. The maximum atomic E-state index is 11.7. The van der Waals surface area contributed by atoms with Crippen LogP contribution < -0.4 is 0 Å². The third kappa shape index (κ3) is 4.06. The maximum absolute atomic E-state index is 11.7. The summed E-state index contributed by atoms with van der Waals surface area (Å²) < 4.78 is 11.7. The fourth-order valence-electron chi connectivity index (χ4n) is 0.694. The number of rotatable bonds is 5. The molecule has 0 unspecified atom stereocenters. The SMILES string of the molecule is CCC(C)(C)/C(O)=C/C(=O)CCF. The van der Waals surface area contributed by atoms with Crippen molar-refractivity contribution in [1.29, 1.82) is 0 Å². The molecule has 0 aliphatic heterocycles. The summed E-state index contributed by atoms with van der Waals surface area (Å²) in [6.45, 7) is 4.92. The largest absolute Gasteiger partial charge is 0.512 e. The quantitative estimate of drug-likeness (QED) is 0.532. The lowest BCUT2D eigenvalue weighted by Crippen LogP contribution is -2.14. The Balaban J connectivity index is 4.39. The molecule has 0 fully saturated rings. The average molecular weight is 188 g/mol. The highest BCUT2D eigenvalue weighted by atomic mass is 19.1. The van der Waals surface area contributed by atoms with Gasteiger partial charge in [0, 0.05) is 17.9 Å². The van der Waals surface area contributed by atoms with Gasteiger partial charge in [-0.15, -0.1) is 0 Å². The molecule has 0 saturated carbocycles. The molecule has 0 aromatic heterocycles. The van der Waals surface area contributed by atoms with Gasteiger partial charge in [0.05, 0.1) is 6.67 Å². The predicted octanol–water partition coefficient (Wildman–Crippen LogP) is 2.79. The van der Waals surface area contributed by atoms with Crippen LogP contribution in [0.3, 0.4) is 0 Å². The van der Waals surface area contributed by atoms with Crippen LogP contribution in [0, 0.1) is 5.41 Å². The molecule has 0 spiro atoms. The molecule has 0 heterocycles. The summed E-state index contributed by atoms with van der Waals surface area (Å²) >= 11 is 0. The number of carbonyl (C=O) groups excluding carboxylic acids is 1. The van der Waals surface area contributed by atoms with Gasteiger partial charge in [0.25, 0.3) is 0 Å². The number of alkyl halides is 1. The molecule has 76 valence electrons. The number of hydrogen-bond acceptors (Lipinski definition) is 2. The minimum atomic E-state index is -0.671. The van der Waals surface area contributed by atoms with E-state index in [1.165, 1.54) is 0 Å². The zero-order valence-electron chi connectivity index (χ0n) is 8.43. The predicted molar refractivity (Wildman–Crippen MR) is 50.4 cm³/mol. The summed E-state index contributed by atoms with van der Waals surface area (Å²) in [5.74, 6) is -0.324. The van der Waals surface area contributed by atoms with Gasteiger partial charge in [0.2, 0.25) is 0 Å². The molecule has 0 aliphatic rings. The van der Waals surface area contributed by atoms with Crippen molar-refractivity contribution in [3.63, 3.8) is 0 Å². The first kappa shape index (κ1) is 12.1. The normalized spacial score (nSPS) is 13.1. The van der Waals surface area contributed by atoms with Gasteiger partial charge in [-0.1, -0.05) is 20.8 Å². The third-order valence-corrected chi connectivity index (χ3v) is 2.22. The summed E-state index contributed by atoms with van der Waals surface area (Å²) in [5, 5.41) is 9.49. The Labute approximate surface area is 78.5 Å². The Kier molecular flexibility index (Phi) is 4.67. The number of aliphatic hydroxyl groups excluding tert-OH is 1. The monoisotopic (exact) mass is 188 g/mol. The zero-order valence-corrected chi connectivity index (χ0v) is 8.43. The second kappa shape index (κ2) is 5.00. The highest BCUT2D eigenvalue weighted by Crippen LogP contribution is 2.27. The number of ketones is 1. The highest BCUT2D eigenvalue weighted by molar-refractivity contribution is 5.90. The van der Waals surface area contributed by atoms with Gasteiger partial charge in [-0.25, -0.2) is 0 Å². The highest BCUT2D eigenvalue weighted by Gasteiger charge is 2.21. The van der Waals surface area contributed by atoms with Crippen LogP contribution in [0.1, 0.15) is 33.6 Å². The minimum Gasteiger partial charge on any atom is -0.512 e. The van der Waals surface area contributed by atoms with Gasteiger partial charge in [0.15, 0.2) is 5.78 Å². The Morgan fingerprint density at radius 1 is 1.54 bits per heavy atom. The van der Waals surface area contributed by atoms with E-state index in [2.05, 4.69) is 0 Å². The van der Waals surface area contributed by atoms with Crippen LogP contribution in [-0.4, -0.2) is 17.6 Å². The molecule has 0 saturated heterocycles. The van der Waals surface area contributed by atoms with E-state index in [1.54, 1.807) is 0 Å². The Hall–Kier alpha value is -0.860. The lowest BCUT2D eigenvalue weighted by Gasteiger charge is -2.21. The van der Waals surface area contributed by atoms with Gasteiger partial charge >= 0.3 is 0 Å². The van der Waals surface area contributed by atoms with E-state index in [1.807, 2.05) is 20.8 Å². The molecule has 0 aliphatic carbocycles. The van der Waals surface area contributed by atoms with Gasteiger partial charge in [-0.3, -0.25) is 9.18 Å². The molecule has 0 radical (unpaired) electrons. The molecule has 0 bridgehead atoms. The molecule has 0 rings (SSSR count). The lowest BCUT2D eigenvalue weighted by molar-refractivity contribution is -0.115. The summed E-state index contributed by atoms with van der Waals surface area (Å²) in [5.41, 5.74) is -0.397. The maximum Gasteiger partial charge on any atom is 0.161 e. The minimum absolute atomic E-state index is 0.0356. The summed E-state index contributed by atoms with van der Waals surface area (Å²) in [6.07, 6.45) is 1.71. The first-order valence-corrected chi connectivity index (χ1v) is 4.44. The molecule has 0 amide bonds. The van der Waals surface area contributed by atoms with Crippen LogP contribution in [-0.2, 0) is 4.79 Å². The standard InChI is InChI=1S/C10H17FO2/c1-4-10(2,3)9(13)7-8(12)5-6-11/h7,13H,4-6H2,1-3H3/b9-7-. The van der Waals surface area contributed by atoms with Crippen LogP contribution in [0.15, 0.2) is 11.8 Å². The Morgan fingerprint density at radius 2 is 2.08 bits per heavy atom. The smallest absolute Gasteiger partial charge is 0.161 e. The number of aliphatic hydroxyl groups is 1. The number of carbonyl (C=O) groups is 1. The number of allylic oxidation sites excluding steroid dienone is 2. The van der Waals surface area contributed by atoms with Crippen molar-refractivity contribution in [3.05, 3.63) is 11.8 Å². The fourth-order valence-corrected chi connectivity index (χ4v) is 0.694. The van der Waals surface area contributed by atoms with Crippen LogP contribution in [0.4, 0.5) is 4.39 Å². The van der Waals surface area contributed by atoms with E-state index < -0.39 is 12.1 Å². The van der Waals surface area contributed by atoms with E-state index in [9.17, 15) is 14.3 Å². The second-order valence-corrected chi connectivity index (χ2v) is 3.67. The van der Waals surface area contributed by atoms with Crippen molar-refractivity contribution < 1.29 is 14.3 Å². The van der Waals surface area contributed by atoms with E-state index in [4.69, 9.17) is 0 Å². The number of halogens is 1. The summed E-state index contributed by atoms with van der Waals surface area (Å²) in [4.78, 5) is 10.9. The van der Waals surface area contributed by atoms with Gasteiger partial charge in [-0.2, -0.15) is 0 Å². The van der Waals surface area contributed by atoms with Crippen LogP contribution in [0.5, 0.6) is 0 Å². The summed E-state index contributed by atoms with van der Waals surface area (Å²) in [6, 6.07) is 0. The van der Waals surface area contributed by atoms with Gasteiger partial charge in [0.1, 0.15) is 5.76 Å². The van der Waals surface area contributed by atoms with Crippen LogP contribution >= 0.6 is 0 Å². The molecule has 0 atom stereocenters. The first-order chi connectivity index (χ1) is 5.94. The van der Waals surface area contributed by atoms with Gasteiger partial charge in [-0.05, 0) is 6.42 Å². The molecular formula is C10H17FO2. The van der Waals surface area contributed by atoms with E-state index in [0.29, 0.717) is 0 Å². The van der Waals surface area contributed by atoms with Crippen LogP contribution in [0.25, 0.3) is 0 Å². The molecule has 3 heteroatoms. The van der Waals surface area contributed by atoms with Crippen LogP contribution in [0.2, 0.25) is 0 Å². The van der Waals surface area contributed by atoms with Crippen molar-refractivity contribution in [2.45, 2.75) is 33.6 Å². The van der Waals surface area contributed by atoms with Crippen molar-refractivity contribution in [2.75, 3.05) is 6.67 Å². The average Bonchev–Trinajstić information content (AvgIpc) is 2.04. The molecular weight excluding hydrogens is 171 g/mol. The van der Waals surface area contributed by atoms with Gasteiger partial charge < -0.3 is 5.11 Å². The van der Waals surface area contributed by atoms with E-state index in [-0.39, 0.29) is 18.0 Å². The summed E-state index contributed by atoms with van der Waals surface area (Å²) in [7, 11) is 0. The Bertz CT molecular complexity index is 207. The second-order valence-electron chi connectivity index (χ2n) is 3.67. The van der Waals surface area contributed by atoms with Crippen molar-refractivity contribution in [1.82, 2.24) is 0 Å². The topological polar surface area (TPSA) is 37.3 Å². The van der Waals surface area contributed by atoms with E-state index in [0.717, 1.165) is 12.5 Å². The van der Waals surface area contributed by atoms with E-state index >= 15 is 0 Å². The lowest BCUT2D eigenvalue weighted by atomic mass is 9.87. The molecule has 0 aromatic carbocycles.